The summed E-state index contributed by atoms with van der Waals surface area (Å²) < 4.78 is 32.6. The molecule has 0 amide bonds. The molecule has 1 aliphatic rings. The van der Waals surface area contributed by atoms with Crippen LogP contribution in [0, 0.1) is 0 Å². The van der Waals surface area contributed by atoms with Gasteiger partial charge in [-0.2, -0.15) is 0 Å². The molecule has 0 saturated heterocycles. The molecule has 1 saturated carbocycles. The minimum absolute atomic E-state index is 0.0984. The Balaban J connectivity index is 1.62. The highest BCUT2D eigenvalue weighted by atomic mass is 32.2. The Morgan fingerprint density at radius 3 is 2.48 bits per heavy atom. The van der Waals surface area contributed by atoms with Crippen molar-refractivity contribution in [2.45, 2.75) is 43.8 Å². The van der Waals surface area contributed by atoms with Crippen molar-refractivity contribution < 1.29 is 13.2 Å². The van der Waals surface area contributed by atoms with Crippen molar-refractivity contribution >= 4 is 16.0 Å². The van der Waals surface area contributed by atoms with Gasteiger partial charge in [-0.3, -0.25) is 0 Å². The second kappa shape index (κ2) is 9.76. The molecule has 0 aromatic heterocycles. The van der Waals surface area contributed by atoms with E-state index in [1.807, 2.05) is 31.2 Å². The number of guanidine groups is 1. The summed E-state index contributed by atoms with van der Waals surface area (Å²) in [6, 6.07) is 14.8. The molecule has 156 valence electrons. The third-order valence-electron chi connectivity index (χ3n) is 4.54. The molecule has 3 N–H and O–H groups in total. The lowest BCUT2D eigenvalue weighted by Crippen LogP contribution is -2.36. The van der Waals surface area contributed by atoms with Crippen LogP contribution >= 0.6 is 0 Å². The number of sulfonamides is 1. The van der Waals surface area contributed by atoms with Gasteiger partial charge in [-0.25, -0.2) is 18.1 Å². The zero-order valence-corrected chi connectivity index (χ0v) is 17.6. The van der Waals surface area contributed by atoms with Crippen LogP contribution in [0.4, 0.5) is 0 Å². The normalized spacial score (nSPS) is 14.5. The van der Waals surface area contributed by atoms with Crippen LogP contribution in [0.25, 0.3) is 0 Å². The van der Waals surface area contributed by atoms with Crippen LogP contribution in [0.5, 0.6) is 5.75 Å². The van der Waals surface area contributed by atoms with Crippen molar-refractivity contribution in [3.8, 4) is 5.75 Å². The molecule has 0 radical (unpaired) electrons. The summed E-state index contributed by atoms with van der Waals surface area (Å²) >= 11 is 0. The Labute approximate surface area is 172 Å². The number of methoxy groups -OCH3 is 1. The van der Waals surface area contributed by atoms with Crippen LogP contribution in [0.3, 0.4) is 0 Å². The van der Waals surface area contributed by atoms with Gasteiger partial charge in [0, 0.05) is 24.7 Å². The lowest BCUT2D eigenvalue weighted by Gasteiger charge is -2.13. The van der Waals surface area contributed by atoms with Crippen LogP contribution in [0.2, 0.25) is 0 Å². The largest absolute Gasteiger partial charge is 0.496 e. The molecule has 0 bridgehead atoms. The Bertz CT molecular complexity index is 939. The smallest absolute Gasteiger partial charge is 0.240 e. The van der Waals surface area contributed by atoms with Crippen LogP contribution in [-0.4, -0.2) is 34.1 Å². The number of nitrogens with one attached hydrogen (secondary N) is 3. The Morgan fingerprint density at radius 2 is 1.83 bits per heavy atom. The summed E-state index contributed by atoms with van der Waals surface area (Å²) in [5.41, 5.74) is 1.98. The first-order valence-electron chi connectivity index (χ1n) is 9.77. The summed E-state index contributed by atoms with van der Waals surface area (Å²) in [7, 11) is -1.77. The van der Waals surface area contributed by atoms with E-state index in [2.05, 4.69) is 20.3 Å². The molecule has 0 atom stereocenters. The van der Waals surface area contributed by atoms with Gasteiger partial charge in [0.1, 0.15) is 5.75 Å². The molecule has 1 fully saturated rings. The lowest BCUT2D eigenvalue weighted by atomic mass is 10.2. The van der Waals surface area contributed by atoms with Crippen molar-refractivity contribution in [2.24, 2.45) is 4.99 Å². The Hall–Kier alpha value is -2.58. The number of nitrogens with zero attached hydrogens (tertiary/aromatic N) is 1. The van der Waals surface area contributed by atoms with Gasteiger partial charge in [0.25, 0.3) is 0 Å². The SMILES string of the molecule is CCNC(=NCc1ccc(S(=O)(=O)NC2CC2)cc1)NCc1ccccc1OC. The molecule has 0 aliphatic heterocycles. The highest BCUT2D eigenvalue weighted by molar-refractivity contribution is 7.89. The molecule has 2 aromatic rings. The first kappa shape index (κ1) is 21.1. The van der Waals surface area contributed by atoms with Gasteiger partial charge in [0.15, 0.2) is 5.96 Å². The van der Waals surface area contributed by atoms with E-state index in [1.54, 1.807) is 31.4 Å². The molecule has 1 aliphatic carbocycles. The molecule has 2 aromatic carbocycles. The summed E-state index contributed by atoms with van der Waals surface area (Å²) in [4.78, 5) is 4.88. The van der Waals surface area contributed by atoms with E-state index in [9.17, 15) is 8.42 Å². The summed E-state index contributed by atoms with van der Waals surface area (Å²) in [5.74, 6) is 1.51. The average molecular weight is 417 g/mol. The fourth-order valence-corrected chi connectivity index (χ4v) is 4.11. The van der Waals surface area contributed by atoms with Crippen molar-refractivity contribution in [1.82, 2.24) is 15.4 Å². The van der Waals surface area contributed by atoms with Crippen LogP contribution in [0.1, 0.15) is 30.9 Å². The third-order valence-corrected chi connectivity index (χ3v) is 6.07. The molecule has 3 rings (SSSR count). The van der Waals surface area contributed by atoms with E-state index in [0.29, 0.717) is 23.9 Å². The first-order valence-corrected chi connectivity index (χ1v) is 11.3. The van der Waals surface area contributed by atoms with Gasteiger partial charge in [0.05, 0.1) is 18.6 Å². The van der Waals surface area contributed by atoms with Gasteiger partial charge in [-0.1, -0.05) is 30.3 Å². The molecule has 0 heterocycles. The van der Waals surface area contributed by atoms with Crippen LogP contribution in [-0.2, 0) is 23.1 Å². The van der Waals surface area contributed by atoms with Crippen molar-refractivity contribution in [1.29, 1.82) is 0 Å². The topological polar surface area (TPSA) is 91.8 Å². The van der Waals surface area contributed by atoms with Gasteiger partial charge in [0.2, 0.25) is 10.0 Å². The molecule has 0 unspecified atom stereocenters. The maximum absolute atomic E-state index is 12.2. The summed E-state index contributed by atoms with van der Waals surface area (Å²) in [6.07, 6.45) is 1.84. The molecular formula is C21H28N4O3S. The number of rotatable bonds is 9. The maximum atomic E-state index is 12.2. The quantitative estimate of drug-likeness (QED) is 0.431. The highest BCUT2D eigenvalue weighted by Gasteiger charge is 2.27. The second-order valence-corrected chi connectivity index (χ2v) is 8.61. The maximum Gasteiger partial charge on any atom is 0.240 e. The zero-order chi connectivity index (χ0) is 20.7. The summed E-state index contributed by atoms with van der Waals surface area (Å²) in [5, 5.41) is 6.52. The minimum atomic E-state index is -3.42. The number of hydrogen-bond acceptors (Lipinski definition) is 4. The van der Waals surface area contributed by atoms with Crippen molar-refractivity contribution in [3.05, 3.63) is 59.7 Å². The monoisotopic (exact) mass is 416 g/mol. The second-order valence-electron chi connectivity index (χ2n) is 6.90. The van der Waals surface area contributed by atoms with Crippen LogP contribution < -0.4 is 20.1 Å². The predicted molar refractivity (Wildman–Crippen MR) is 114 cm³/mol. The Kier molecular flexibility index (Phi) is 7.11. The highest BCUT2D eigenvalue weighted by Crippen LogP contribution is 2.22. The van der Waals surface area contributed by atoms with Gasteiger partial charge in [-0.05, 0) is 43.5 Å². The number of benzene rings is 2. The van der Waals surface area contributed by atoms with E-state index >= 15 is 0 Å². The lowest BCUT2D eigenvalue weighted by molar-refractivity contribution is 0.409. The number of aliphatic imine (C=N–C) groups is 1. The fraction of sp³-hybridized carbons (Fsp3) is 0.381. The minimum Gasteiger partial charge on any atom is -0.496 e. The fourth-order valence-electron chi connectivity index (χ4n) is 2.80. The van der Waals surface area contributed by atoms with Gasteiger partial charge < -0.3 is 15.4 Å². The molecule has 7 nitrogen and oxygen atoms in total. The molecular weight excluding hydrogens is 388 g/mol. The number of hydrogen-bond donors (Lipinski definition) is 3. The van der Waals surface area contributed by atoms with E-state index in [0.717, 1.165) is 36.3 Å². The average Bonchev–Trinajstić information content (AvgIpc) is 3.54. The van der Waals surface area contributed by atoms with E-state index in [1.165, 1.54) is 0 Å². The first-order chi connectivity index (χ1) is 14.0. The predicted octanol–water partition coefficient (Wildman–Crippen LogP) is 2.39. The molecule has 0 spiro atoms. The standard InChI is InChI=1S/C21H28N4O3S/c1-3-22-21(24-15-17-6-4-5-7-20(17)28-2)23-14-16-8-12-19(13-9-16)29(26,27)25-18-10-11-18/h4-9,12-13,18,25H,3,10-11,14-15H2,1-2H3,(H2,22,23,24). The van der Waals surface area contributed by atoms with E-state index in [-0.39, 0.29) is 6.04 Å². The zero-order valence-electron chi connectivity index (χ0n) is 16.8. The number of ether oxygens (including phenoxy) is 1. The Morgan fingerprint density at radius 1 is 1.10 bits per heavy atom. The van der Waals surface area contributed by atoms with Gasteiger partial charge >= 0.3 is 0 Å². The van der Waals surface area contributed by atoms with Crippen LogP contribution in [0.15, 0.2) is 58.4 Å². The summed E-state index contributed by atoms with van der Waals surface area (Å²) in [6.45, 7) is 3.77. The van der Waals surface area contributed by atoms with Gasteiger partial charge in [-0.15, -0.1) is 0 Å². The molecule has 8 heteroatoms. The van der Waals surface area contributed by atoms with E-state index < -0.39 is 10.0 Å². The third kappa shape index (κ3) is 6.20. The van der Waals surface area contributed by atoms with Crippen molar-refractivity contribution in [3.63, 3.8) is 0 Å². The van der Waals surface area contributed by atoms with Crippen molar-refractivity contribution in [2.75, 3.05) is 13.7 Å². The van der Waals surface area contributed by atoms with E-state index in [4.69, 9.17) is 4.74 Å². The number of para-hydroxylation sites is 1. The molecule has 29 heavy (non-hydrogen) atoms.